The van der Waals surface area contributed by atoms with Gasteiger partial charge in [0, 0.05) is 18.3 Å². The molecule has 0 fully saturated rings. The molecule has 0 aromatic carbocycles. The maximum Gasteiger partial charge on any atom is 0.00721 e. The van der Waals surface area contributed by atoms with E-state index in [4.69, 9.17) is 0 Å². The molecule has 1 atom stereocenters. The first-order valence-corrected chi connectivity index (χ1v) is 7.91. The van der Waals surface area contributed by atoms with Crippen molar-refractivity contribution in [1.82, 2.24) is 10.2 Å². The van der Waals surface area contributed by atoms with Gasteiger partial charge >= 0.3 is 0 Å². The molecule has 0 spiro atoms. The molecule has 0 bridgehead atoms. The van der Waals surface area contributed by atoms with Gasteiger partial charge in [0.05, 0.1) is 0 Å². The van der Waals surface area contributed by atoms with Gasteiger partial charge in [-0.3, -0.25) is 0 Å². The summed E-state index contributed by atoms with van der Waals surface area (Å²) in [5.74, 6) is 2.61. The van der Waals surface area contributed by atoms with Crippen LogP contribution in [0.3, 0.4) is 0 Å². The molecular weight excluding hydrogens is 216 g/mol. The van der Waals surface area contributed by atoms with Gasteiger partial charge in [-0.15, -0.1) is 0 Å². The molecule has 0 aliphatic carbocycles. The standard InChI is InChI=1S/C13H30N2S/c1-5-13(14-4)9-8-11-16-12-10-15(6-2)7-3/h13-14H,5-12H2,1-4H3. The third-order valence-corrected chi connectivity index (χ3v) is 4.24. The van der Waals surface area contributed by atoms with E-state index in [1.807, 2.05) is 0 Å². The summed E-state index contributed by atoms with van der Waals surface area (Å²) in [7, 11) is 2.07. The predicted molar refractivity (Wildman–Crippen MR) is 77.5 cm³/mol. The summed E-state index contributed by atoms with van der Waals surface area (Å²) in [6.45, 7) is 10.4. The second-order valence-corrected chi connectivity index (χ2v) is 5.40. The van der Waals surface area contributed by atoms with Crippen molar-refractivity contribution in [3.63, 3.8) is 0 Å². The van der Waals surface area contributed by atoms with Crippen LogP contribution in [0.5, 0.6) is 0 Å². The molecule has 0 aromatic heterocycles. The van der Waals surface area contributed by atoms with Crippen LogP contribution in [-0.2, 0) is 0 Å². The molecule has 0 aromatic rings. The molecule has 0 amide bonds. The van der Waals surface area contributed by atoms with Gasteiger partial charge in [0.2, 0.25) is 0 Å². The summed E-state index contributed by atoms with van der Waals surface area (Å²) in [5, 5.41) is 3.36. The fourth-order valence-electron chi connectivity index (χ4n) is 1.82. The molecule has 98 valence electrons. The van der Waals surface area contributed by atoms with E-state index in [0.717, 1.165) is 6.04 Å². The van der Waals surface area contributed by atoms with E-state index in [9.17, 15) is 0 Å². The second kappa shape index (κ2) is 11.7. The molecule has 0 heterocycles. The first kappa shape index (κ1) is 16.3. The summed E-state index contributed by atoms with van der Waals surface area (Å²) in [5.41, 5.74) is 0. The van der Waals surface area contributed by atoms with Crippen LogP contribution in [0, 0.1) is 0 Å². The molecule has 0 radical (unpaired) electrons. The highest BCUT2D eigenvalue weighted by Gasteiger charge is 2.02. The van der Waals surface area contributed by atoms with Crippen molar-refractivity contribution < 1.29 is 0 Å². The summed E-state index contributed by atoms with van der Waals surface area (Å²) in [6.07, 6.45) is 3.92. The van der Waals surface area contributed by atoms with E-state index in [1.165, 1.54) is 50.4 Å². The van der Waals surface area contributed by atoms with Gasteiger partial charge in [-0.1, -0.05) is 20.8 Å². The molecule has 0 aliphatic rings. The highest BCUT2D eigenvalue weighted by molar-refractivity contribution is 7.99. The molecule has 16 heavy (non-hydrogen) atoms. The Kier molecular flexibility index (Phi) is 11.9. The monoisotopic (exact) mass is 246 g/mol. The summed E-state index contributed by atoms with van der Waals surface area (Å²) >= 11 is 2.11. The van der Waals surface area contributed by atoms with Crippen molar-refractivity contribution in [3.8, 4) is 0 Å². The highest BCUT2D eigenvalue weighted by Crippen LogP contribution is 2.08. The predicted octanol–water partition coefficient (Wildman–Crippen LogP) is 2.84. The van der Waals surface area contributed by atoms with Crippen molar-refractivity contribution in [2.45, 2.75) is 46.1 Å². The van der Waals surface area contributed by atoms with Crippen LogP contribution in [-0.4, -0.2) is 49.1 Å². The van der Waals surface area contributed by atoms with Crippen LogP contribution in [0.1, 0.15) is 40.0 Å². The van der Waals surface area contributed by atoms with E-state index in [1.54, 1.807) is 0 Å². The van der Waals surface area contributed by atoms with Crippen molar-refractivity contribution in [2.24, 2.45) is 0 Å². The lowest BCUT2D eigenvalue weighted by Crippen LogP contribution is -2.25. The zero-order valence-electron chi connectivity index (χ0n) is 11.6. The lowest BCUT2D eigenvalue weighted by Gasteiger charge is -2.17. The number of nitrogens with one attached hydrogen (secondary N) is 1. The Balaban J connectivity index is 3.26. The minimum Gasteiger partial charge on any atom is -0.317 e. The first-order chi connectivity index (χ1) is 7.78. The van der Waals surface area contributed by atoms with Gasteiger partial charge in [0.1, 0.15) is 0 Å². The maximum absolute atomic E-state index is 3.36. The molecule has 0 saturated heterocycles. The van der Waals surface area contributed by atoms with Crippen LogP contribution in [0.25, 0.3) is 0 Å². The normalized spacial score (nSPS) is 13.3. The zero-order chi connectivity index (χ0) is 12.2. The Labute approximate surface area is 107 Å². The largest absolute Gasteiger partial charge is 0.317 e. The average molecular weight is 246 g/mol. The van der Waals surface area contributed by atoms with E-state index in [0.29, 0.717) is 0 Å². The van der Waals surface area contributed by atoms with Crippen molar-refractivity contribution >= 4 is 11.8 Å². The van der Waals surface area contributed by atoms with E-state index in [2.05, 4.69) is 49.8 Å². The summed E-state index contributed by atoms with van der Waals surface area (Å²) in [6, 6.07) is 0.725. The molecule has 0 aliphatic heterocycles. The van der Waals surface area contributed by atoms with Crippen LogP contribution in [0.4, 0.5) is 0 Å². The quantitative estimate of drug-likeness (QED) is 0.564. The van der Waals surface area contributed by atoms with Gasteiger partial charge in [0.15, 0.2) is 0 Å². The molecule has 1 unspecified atom stereocenters. The zero-order valence-corrected chi connectivity index (χ0v) is 12.4. The van der Waals surface area contributed by atoms with E-state index in [-0.39, 0.29) is 0 Å². The van der Waals surface area contributed by atoms with Crippen molar-refractivity contribution in [3.05, 3.63) is 0 Å². The van der Waals surface area contributed by atoms with Gasteiger partial charge < -0.3 is 10.2 Å². The molecule has 0 rings (SSSR count). The highest BCUT2D eigenvalue weighted by atomic mass is 32.2. The van der Waals surface area contributed by atoms with Crippen LogP contribution in [0.15, 0.2) is 0 Å². The lowest BCUT2D eigenvalue weighted by molar-refractivity contribution is 0.324. The van der Waals surface area contributed by atoms with E-state index < -0.39 is 0 Å². The molecule has 2 nitrogen and oxygen atoms in total. The lowest BCUT2D eigenvalue weighted by atomic mass is 10.1. The Morgan fingerprint density at radius 3 is 2.31 bits per heavy atom. The van der Waals surface area contributed by atoms with Crippen LogP contribution >= 0.6 is 11.8 Å². The fraction of sp³-hybridized carbons (Fsp3) is 1.00. The van der Waals surface area contributed by atoms with Gasteiger partial charge in [-0.25, -0.2) is 0 Å². The first-order valence-electron chi connectivity index (χ1n) is 6.75. The smallest absolute Gasteiger partial charge is 0.00721 e. The van der Waals surface area contributed by atoms with Crippen molar-refractivity contribution in [2.75, 3.05) is 38.2 Å². The van der Waals surface area contributed by atoms with Crippen molar-refractivity contribution in [1.29, 1.82) is 0 Å². The minimum atomic E-state index is 0.725. The Morgan fingerprint density at radius 1 is 1.12 bits per heavy atom. The molecule has 0 saturated carbocycles. The third kappa shape index (κ3) is 8.43. The Morgan fingerprint density at radius 2 is 1.81 bits per heavy atom. The fourth-order valence-corrected chi connectivity index (χ4v) is 2.78. The average Bonchev–Trinajstić information content (AvgIpc) is 2.33. The van der Waals surface area contributed by atoms with Crippen LogP contribution in [0.2, 0.25) is 0 Å². The maximum atomic E-state index is 3.36. The van der Waals surface area contributed by atoms with Gasteiger partial charge in [-0.05, 0) is 45.2 Å². The minimum absolute atomic E-state index is 0.725. The number of hydrogen-bond donors (Lipinski definition) is 1. The third-order valence-electron chi connectivity index (χ3n) is 3.19. The summed E-state index contributed by atoms with van der Waals surface area (Å²) < 4.78 is 0. The molecule has 3 heteroatoms. The SMILES string of the molecule is CCC(CCCSCCN(CC)CC)NC. The summed E-state index contributed by atoms with van der Waals surface area (Å²) in [4.78, 5) is 2.50. The second-order valence-electron chi connectivity index (χ2n) is 4.18. The van der Waals surface area contributed by atoms with E-state index >= 15 is 0 Å². The Hall–Kier alpha value is 0.270. The van der Waals surface area contributed by atoms with Gasteiger partial charge in [0.25, 0.3) is 0 Å². The number of hydrogen-bond acceptors (Lipinski definition) is 3. The molecule has 1 N–H and O–H groups in total. The topological polar surface area (TPSA) is 15.3 Å². The Bertz CT molecular complexity index is 118. The van der Waals surface area contributed by atoms with Gasteiger partial charge in [-0.2, -0.15) is 11.8 Å². The molecular formula is C13H30N2S. The number of rotatable bonds is 11. The number of thioether (sulfide) groups is 1. The number of nitrogens with zero attached hydrogens (tertiary/aromatic N) is 1. The van der Waals surface area contributed by atoms with Crippen LogP contribution < -0.4 is 5.32 Å².